The van der Waals surface area contributed by atoms with E-state index in [-0.39, 0.29) is 24.5 Å². The molecule has 0 fully saturated rings. The molecule has 6 nitrogen and oxygen atoms in total. The van der Waals surface area contributed by atoms with E-state index < -0.39 is 12.1 Å². The Morgan fingerprint density at radius 3 is 2.26 bits per heavy atom. The molecule has 3 unspecified atom stereocenters. The van der Waals surface area contributed by atoms with Crippen LogP contribution in [0.2, 0.25) is 0 Å². The van der Waals surface area contributed by atoms with Crippen molar-refractivity contribution in [3.05, 3.63) is 0 Å². The largest absolute Gasteiger partial charge is 0.481 e. The van der Waals surface area contributed by atoms with Crippen LogP contribution in [0.5, 0.6) is 0 Å². The number of carboxylic acids is 1. The van der Waals surface area contributed by atoms with Crippen molar-refractivity contribution in [2.75, 3.05) is 13.6 Å². The maximum absolute atomic E-state index is 11.7. The van der Waals surface area contributed by atoms with Crippen molar-refractivity contribution in [2.24, 2.45) is 5.92 Å². The number of urea groups is 1. The van der Waals surface area contributed by atoms with Crippen molar-refractivity contribution < 1.29 is 19.8 Å². The van der Waals surface area contributed by atoms with E-state index in [4.69, 9.17) is 5.11 Å². The summed E-state index contributed by atoms with van der Waals surface area (Å²) in [4.78, 5) is 23.8. The topological polar surface area (TPSA) is 89.9 Å². The van der Waals surface area contributed by atoms with E-state index in [2.05, 4.69) is 5.32 Å². The fraction of sp³-hybridized carbons (Fsp3) is 0.846. The summed E-state index contributed by atoms with van der Waals surface area (Å²) in [5, 5.41) is 20.7. The highest BCUT2D eigenvalue weighted by molar-refractivity contribution is 5.74. The molecule has 0 spiro atoms. The third-order valence-corrected chi connectivity index (χ3v) is 2.95. The molecular weight excluding hydrogens is 248 g/mol. The third-order valence-electron chi connectivity index (χ3n) is 2.95. The standard InChI is InChI=1S/C13H26N2O4/c1-9(12(17)18)6-5-7-10(2)14-13(19)15(4)8-11(3)16/h9-11,16H,5-8H2,1-4H3,(H,14,19)(H,17,18). The minimum atomic E-state index is -0.784. The zero-order valence-electron chi connectivity index (χ0n) is 12.2. The fourth-order valence-corrected chi connectivity index (χ4v) is 1.73. The Balaban J connectivity index is 3.88. The zero-order chi connectivity index (χ0) is 15.0. The number of likely N-dealkylation sites (N-methyl/N-ethyl adjacent to an activating group) is 1. The van der Waals surface area contributed by atoms with Gasteiger partial charge in [-0.2, -0.15) is 0 Å². The van der Waals surface area contributed by atoms with Crippen LogP contribution >= 0.6 is 0 Å². The average Bonchev–Trinajstić information content (AvgIpc) is 2.27. The predicted molar refractivity (Wildman–Crippen MR) is 73.0 cm³/mol. The van der Waals surface area contributed by atoms with Crippen LogP contribution in [-0.4, -0.2) is 52.9 Å². The van der Waals surface area contributed by atoms with Gasteiger partial charge in [0.2, 0.25) is 0 Å². The van der Waals surface area contributed by atoms with Crippen molar-refractivity contribution in [1.29, 1.82) is 0 Å². The Morgan fingerprint density at radius 2 is 1.79 bits per heavy atom. The summed E-state index contributed by atoms with van der Waals surface area (Å²) < 4.78 is 0. The lowest BCUT2D eigenvalue weighted by Crippen LogP contribution is -2.44. The van der Waals surface area contributed by atoms with E-state index >= 15 is 0 Å². The third kappa shape index (κ3) is 8.42. The highest BCUT2D eigenvalue weighted by atomic mass is 16.4. The van der Waals surface area contributed by atoms with E-state index in [1.165, 1.54) is 4.90 Å². The Labute approximate surface area is 114 Å². The summed E-state index contributed by atoms with van der Waals surface area (Å²) in [6.45, 7) is 5.48. The van der Waals surface area contributed by atoms with Gasteiger partial charge in [0, 0.05) is 19.6 Å². The van der Waals surface area contributed by atoms with Gasteiger partial charge in [-0.1, -0.05) is 13.3 Å². The van der Waals surface area contributed by atoms with Crippen LogP contribution in [0.25, 0.3) is 0 Å². The van der Waals surface area contributed by atoms with Crippen LogP contribution < -0.4 is 5.32 Å². The number of rotatable bonds is 8. The van der Waals surface area contributed by atoms with Gasteiger partial charge in [0.05, 0.1) is 12.0 Å². The molecule has 3 N–H and O–H groups in total. The number of hydrogen-bond acceptors (Lipinski definition) is 3. The van der Waals surface area contributed by atoms with Gasteiger partial charge in [-0.3, -0.25) is 4.79 Å². The number of aliphatic hydroxyl groups is 1. The Kier molecular flexibility index (Phi) is 8.14. The first-order valence-electron chi connectivity index (χ1n) is 6.66. The van der Waals surface area contributed by atoms with Crippen molar-refractivity contribution in [2.45, 2.75) is 52.2 Å². The normalized spacial score (nSPS) is 15.4. The predicted octanol–water partition coefficient (Wildman–Crippen LogP) is 1.29. The van der Waals surface area contributed by atoms with Crippen LogP contribution in [0.3, 0.4) is 0 Å². The van der Waals surface area contributed by atoms with Crippen LogP contribution in [-0.2, 0) is 4.79 Å². The molecule has 0 aromatic heterocycles. The number of hydrogen-bond donors (Lipinski definition) is 3. The second kappa shape index (κ2) is 8.74. The number of aliphatic carboxylic acids is 1. The summed E-state index contributed by atoms with van der Waals surface area (Å²) in [6, 6.07) is -0.232. The van der Waals surface area contributed by atoms with Gasteiger partial charge in [0.15, 0.2) is 0 Å². The van der Waals surface area contributed by atoms with Gasteiger partial charge in [-0.15, -0.1) is 0 Å². The molecule has 0 aliphatic rings. The molecule has 0 bridgehead atoms. The summed E-state index contributed by atoms with van der Waals surface area (Å²) >= 11 is 0. The first-order valence-corrected chi connectivity index (χ1v) is 6.66. The van der Waals surface area contributed by atoms with E-state index in [0.29, 0.717) is 6.42 Å². The minimum Gasteiger partial charge on any atom is -0.481 e. The molecule has 19 heavy (non-hydrogen) atoms. The molecule has 0 saturated heterocycles. The molecule has 0 aromatic carbocycles. The highest BCUT2D eigenvalue weighted by Crippen LogP contribution is 2.09. The number of amides is 2. The zero-order valence-corrected chi connectivity index (χ0v) is 12.2. The molecule has 0 rings (SSSR count). The van der Waals surface area contributed by atoms with Gasteiger partial charge in [-0.25, -0.2) is 4.79 Å². The second-order valence-electron chi connectivity index (χ2n) is 5.25. The number of aliphatic hydroxyl groups excluding tert-OH is 1. The van der Waals surface area contributed by atoms with Crippen LogP contribution in [0.15, 0.2) is 0 Å². The number of carbonyl (C=O) groups is 2. The van der Waals surface area contributed by atoms with Crippen LogP contribution in [0.4, 0.5) is 4.79 Å². The van der Waals surface area contributed by atoms with Gasteiger partial charge >= 0.3 is 12.0 Å². The SMILES string of the molecule is CC(O)CN(C)C(=O)NC(C)CCCC(C)C(=O)O. The van der Waals surface area contributed by atoms with Crippen LogP contribution in [0.1, 0.15) is 40.0 Å². The summed E-state index contributed by atoms with van der Waals surface area (Å²) in [5.41, 5.74) is 0. The summed E-state index contributed by atoms with van der Waals surface area (Å²) in [5.74, 6) is -1.13. The molecule has 0 aliphatic carbocycles. The van der Waals surface area contributed by atoms with E-state index in [1.54, 1.807) is 20.9 Å². The molecule has 6 heteroatoms. The molecule has 112 valence electrons. The van der Waals surface area contributed by atoms with Gasteiger partial charge in [-0.05, 0) is 26.7 Å². The molecule has 0 radical (unpaired) electrons. The lowest BCUT2D eigenvalue weighted by molar-refractivity contribution is -0.141. The molecule has 3 atom stereocenters. The van der Waals surface area contributed by atoms with E-state index in [9.17, 15) is 14.7 Å². The average molecular weight is 274 g/mol. The smallest absolute Gasteiger partial charge is 0.317 e. The van der Waals surface area contributed by atoms with Gasteiger partial charge in [0.25, 0.3) is 0 Å². The Bertz CT molecular complexity index is 294. The van der Waals surface area contributed by atoms with Crippen molar-refractivity contribution >= 4 is 12.0 Å². The quantitative estimate of drug-likeness (QED) is 0.622. The van der Waals surface area contributed by atoms with Crippen molar-refractivity contribution in [3.8, 4) is 0 Å². The molecule has 0 aromatic rings. The first kappa shape index (κ1) is 17.7. The number of nitrogens with zero attached hydrogens (tertiary/aromatic N) is 1. The van der Waals surface area contributed by atoms with E-state index in [0.717, 1.165) is 12.8 Å². The number of carboxylic acid groups (broad SMARTS) is 1. The summed E-state index contributed by atoms with van der Waals surface area (Å²) in [6.07, 6.45) is 1.56. The minimum absolute atomic E-state index is 0.00931. The monoisotopic (exact) mass is 274 g/mol. The second-order valence-corrected chi connectivity index (χ2v) is 5.25. The first-order chi connectivity index (χ1) is 8.73. The van der Waals surface area contributed by atoms with E-state index in [1.807, 2.05) is 6.92 Å². The molecular formula is C13H26N2O4. The highest BCUT2D eigenvalue weighted by Gasteiger charge is 2.15. The number of carbonyl (C=O) groups excluding carboxylic acids is 1. The number of nitrogens with one attached hydrogen (secondary N) is 1. The molecule has 0 heterocycles. The summed E-state index contributed by atoms with van der Waals surface area (Å²) in [7, 11) is 1.63. The van der Waals surface area contributed by atoms with Gasteiger partial charge in [0.1, 0.15) is 0 Å². The molecule has 0 saturated carbocycles. The van der Waals surface area contributed by atoms with Gasteiger partial charge < -0.3 is 20.4 Å². The van der Waals surface area contributed by atoms with Crippen molar-refractivity contribution in [1.82, 2.24) is 10.2 Å². The maximum atomic E-state index is 11.7. The molecule has 2 amide bonds. The van der Waals surface area contributed by atoms with Crippen molar-refractivity contribution in [3.63, 3.8) is 0 Å². The Morgan fingerprint density at radius 1 is 1.21 bits per heavy atom. The van der Waals surface area contributed by atoms with Crippen LogP contribution in [0, 0.1) is 5.92 Å². The Hall–Kier alpha value is -1.30. The molecule has 0 aliphatic heterocycles. The lowest BCUT2D eigenvalue weighted by atomic mass is 10.0. The fourth-order valence-electron chi connectivity index (χ4n) is 1.73. The lowest BCUT2D eigenvalue weighted by Gasteiger charge is -2.22. The maximum Gasteiger partial charge on any atom is 0.317 e.